The fraction of sp³-hybridized carbons (Fsp3) is 0.222. The van der Waals surface area contributed by atoms with Crippen LogP contribution in [-0.4, -0.2) is 27.5 Å². The second-order valence-electron chi connectivity index (χ2n) is 2.81. The van der Waals surface area contributed by atoms with Crippen molar-refractivity contribution in [3.8, 4) is 11.6 Å². The summed E-state index contributed by atoms with van der Waals surface area (Å²) in [6.07, 6.45) is 1.68. The highest BCUT2D eigenvalue weighted by atomic mass is 32.2. The number of hydrogen-bond acceptors (Lipinski definition) is 7. The average molecular weight is 238 g/mol. The molecule has 0 bridgehead atoms. The van der Waals surface area contributed by atoms with Crippen LogP contribution in [0.3, 0.4) is 0 Å². The number of thioether (sulfide) groups is 1. The molecule has 0 saturated heterocycles. The third kappa shape index (κ3) is 2.78. The SMILES string of the molecule is NOCCSc1nnc(-c2ccccn2)o1. The summed E-state index contributed by atoms with van der Waals surface area (Å²) in [5.41, 5.74) is 0.664. The molecule has 0 amide bonds. The van der Waals surface area contributed by atoms with Gasteiger partial charge in [0.05, 0.1) is 6.61 Å². The van der Waals surface area contributed by atoms with E-state index in [2.05, 4.69) is 20.0 Å². The van der Waals surface area contributed by atoms with Crippen molar-refractivity contribution in [1.82, 2.24) is 15.2 Å². The number of pyridine rings is 1. The van der Waals surface area contributed by atoms with Gasteiger partial charge in [-0.25, -0.2) is 5.90 Å². The van der Waals surface area contributed by atoms with Crippen molar-refractivity contribution < 1.29 is 9.25 Å². The first-order valence-corrected chi connectivity index (χ1v) is 5.58. The fourth-order valence-electron chi connectivity index (χ4n) is 1.04. The molecule has 2 aromatic heterocycles. The Labute approximate surface area is 96.2 Å². The van der Waals surface area contributed by atoms with Gasteiger partial charge in [0.2, 0.25) is 0 Å². The summed E-state index contributed by atoms with van der Waals surface area (Å²) in [6.45, 7) is 0.436. The van der Waals surface area contributed by atoms with E-state index in [1.807, 2.05) is 18.2 Å². The molecule has 0 aliphatic carbocycles. The van der Waals surface area contributed by atoms with Crippen LogP contribution in [0.1, 0.15) is 0 Å². The highest BCUT2D eigenvalue weighted by molar-refractivity contribution is 7.99. The maximum Gasteiger partial charge on any atom is 0.276 e. The second-order valence-corrected chi connectivity index (χ2v) is 3.85. The van der Waals surface area contributed by atoms with Crippen LogP contribution >= 0.6 is 11.8 Å². The quantitative estimate of drug-likeness (QED) is 0.474. The van der Waals surface area contributed by atoms with Crippen molar-refractivity contribution in [2.75, 3.05) is 12.4 Å². The molecular weight excluding hydrogens is 228 g/mol. The number of aromatic nitrogens is 3. The predicted molar refractivity (Wildman–Crippen MR) is 58.4 cm³/mol. The Morgan fingerprint density at radius 1 is 1.38 bits per heavy atom. The summed E-state index contributed by atoms with van der Waals surface area (Å²) >= 11 is 1.39. The Bertz CT molecular complexity index is 434. The van der Waals surface area contributed by atoms with Gasteiger partial charge in [0.15, 0.2) is 0 Å². The largest absolute Gasteiger partial charge is 0.410 e. The molecule has 16 heavy (non-hydrogen) atoms. The second kappa shape index (κ2) is 5.59. The third-order valence-corrected chi connectivity index (χ3v) is 2.50. The van der Waals surface area contributed by atoms with Crippen molar-refractivity contribution in [2.24, 2.45) is 5.90 Å². The van der Waals surface area contributed by atoms with E-state index in [4.69, 9.17) is 10.3 Å². The molecule has 0 radical (unpaired) electrons. The standard InChI is InChI=1S/C9H10N4O2S/c10-14-5-6-16-9-13-12-8(15-9)7-3-1-2-4-11-7/h1-4H,5-6,10H2. The lowest BCUT2D eigenvalue weighted by molar-refractivity contribution is 0.155. The monoisotopic (exact) mass is 238 g/mol. The van der Waals surface area contributed by atoms with E-state index in [1.165, 1.54) is 11.8 Å². The van der Waals surface area contributed by atoms with Crippen LogP contribution in [-0.2, 0) is 4.84 Å². The van der Waals surface area contributed by atoms with Crippen LogP contribution in [0, 0.1) is 0 Å². The lowest BCUT2D eigenvalue weighted by atomic mass is 10.3. The van der Waals surface area contributed by atoms with Crippen LogP contribution in [0.25, 0.3) is 11.6 Å². The molecular formula is C9H10N4O2S. The molecule has 6 nitrogen and oxygen atoms in total. The molecule has 0 unspecified atom stereocenters. The maximum atomic E-state index is 5.40. The van der Waals surface area contributed by atoms with Crippen molar-refractivity contribution >= 4 is 11.8 Å². The summed E-state index contributed by atoms with van der Waals surface area (Å²) in [6, 6.07) is 5.50. The van der Waals surface area contributed by atoms with Gasteiger partial charge >= 0.3 is 0 Å². The molecule has 0 fully saturated rings. The maximum absolute atomic E-state index is 5.40. The summed E-state index contributed by atoms with van der Waals surface area (Å²) < 4.78 is 5.40. The van der Waals surface area contributed by atoms with Crippen LogP contribution in [0.15, 0.2) is 34.0 Å². The van der Waals surface area contributed by atoms with E-state index in [9.17, 15) is 0 Å². The first kappa shape index (κ1) is 11.1. The molecule has 0 aliphatic rings. The van der Waals surface area contributed by atoms with E-state index in [1.54, 1.807) is 6.20 Å². The fourth-order valence-corrected chi connectivity index (χ4v) is 1.63. The van der Waals surface area contributed by atoms with Crippen molar-refractivity contribution in [1.29, 1.82) is 0 Å². The molecule has 0 saturated carbocycles. The highest BCUT2D eigenvalue weighted by Gasteiger charge is 2.08. The Kier molecular flexibility index (Phi) is 3.86. The summed E-state index contributed by atoms with van der Waals surface area (Å²) in [5.74, 6) is 5.98. The van der Waals surface area contributed by atoms with Gasteiger partial charge in [-0.3, -0.25) is 4.98 Å². The van der Waals surface area contributed by atoms with Gasteiger partial charge in [-0.15, -0.1) is 10.2 Å². The van der Waals surface area contributed by atoms with Crippen LogP contribution in [0.5, 0.6) is 0 Å². The topological polar surface area (TPSA) is 87.1 Å². The van der Waals surface area contributed by atoms with Gasteiger partial charge in [0.25, 0.3) is 11.1 Å². The summed E-state index contributed by atoms with van der Waals surface area (Å²) in [7, 11) is 0. The summed E-state index contributed by atoms with van der Waals surface area (Å²) in [4.78, 5) is 8.54. The van der Waals surface area contributed by atoms with E-state index in [0.717, 1.165) is 0 Å². The van der Waals surface area contributed by atoms with Crippen molar-refractivity contribution in [2.45, 2.75) is 5.22 Å². The minimum absolute atomic E-state index is 0.414. The minimum atomic E-state index is 0.414. The molecule has 0 atom stereocenters. The van der Waals surface area contributed by atoms with Gasteiger partial charge in [-0.2, -0.15) is 0 Å². The zero-order chi connectivity index (χ0) is 11.2. The number of rotatable bonds is 5. The molecule has 2 aromatic rings. The third-order valence-electron chi connectivity index (χ3n) is 1.72. The Morgan fingerprint density at radius 3 is 3.06 bits per heavy atom. The molecule has 0 aliphatic heterocycles. The predicted octanol–water partition coefficient (Wildman–Crippen LogP) is 1.11. The molecule has 2 heterocycles. The highest BCUT2D eigenvalue weighted by Crippen LogP contribution is 2.20. The number of hydrogen-bond donors (Lipinski definition) is 1. The first-order chi connectivity index (χ1) is 7.90. The van der Waals surface area contributed by atoms with Crippen molar-refractivity contribution in [3.05, 3.63) is 24.4 Å². The van der Waals surface area contributed by atoms with Gasteiger partial charge < -0.3 is 9.25 Å². The molecule has 7 heteroatoms. The number of nitrogens with zero attached hydrogens (tertiary/aromatic N) is 3. The molecule has 2 rings (SSSR count). The van der Waals surface area contributed by atoms with Crippen molar-refractivity contribution in [3.63, 3.8) is 0 Å². The Morgan fingerprint density at radius 2 is 2.31 bits per heavy atom. The van der Waals surface area contributed by atoms with Gasteiger partial charge in [-0.05, 0) is 12.1 Å². The Balaban J connectivity index is 2.02. The zero-order valence-corrected chi connectivity index (χ0v) is 9.18. The van der Waals surface area contributed by atoms with E-state index in [-0.39, 0.29) is 0 Å². The van der Waals surface area contributed by atoms with Crippen LogP contribution < -0.4 is 5.90 Å². The zero-order valence-electron chi connectivity index (χ0n) is 8.37. The normalized spacial score (nSPS) is 10.6. The Hall–Kier alpha value is -1.44. The first-order valence-electron chi connectivity index (χ1n) is 4.59. The van der Waals surface area contributed by atoms with Gasteiger partial charge in [0.1, 0.15) is 5.69 Å². The van der Waals surface area contributed by atoms with E-state index in [0.29, 0.717) is 29.2 Å². The van der Waals surface area contributed by atoms with Gasteiger partial charge in [-0.1, -0.05) is 17.8 Å². The minimum Gasteiger partial charge on any atom is -0.410 e. The molecule has 2 N–H and O–H groups in total. The average Bonchev–Trinajstić information content (AvgIpc) is 2.79. The lowest BCUT2D eigenvalue weighted by Crippen LogP contribution is -2.02. The lowest BCUT2D eigenvalue weighted by Gasteiger charge is -1.93. The smallest absolute Gasteiger partial charge is 0.276 e. The molecule has 0 spiro atoms. The van der Waals surface area contributed by atoms with Crippen LogP contribution in [0.2, 0.25) is 0 Å². The molecule has 0 aromatic carbocycles. The van der Waals surface area contributed by atoms with E-state index >= 15 is 0 Å². The molecule has 84 valence electrons. The summed E-state index contributed by atoms with van der Waals surface area (Å²) in [5, 5.41) is 8.25. The van der Waals surface area contributed by atoms with Crippen LogP contribution in [0.4, 0.5) is 0 Å². The number of nitrogens with two attached hydrogens (primary N) is 1. The van der Waals surface area contributed by atoms with E-state index < -0.39 is 0 Å². The van der Waals surface area contributed by atoms with Gasteiger partial charge in [0, 0.05) is 11.9 Å².